The van der Waals surface area contributed by atoms with E-state index in [1.165, 1.54) is 0 Å². The highest BCUT2D eigenvalue weighted by molar-refractivity contribution is 7.80. The first-order valence-electron chi connectivity index (χ1n) is 5.21. The molecule has 0 aromatic carbocycles. The van der Waals surface area contributed by atoms with Crippen LogP contribution in [0, 0.1) is 0 Å². The molecule has 0 fully saturated rings. The number of aryl methyl sites for hydroxylation is 2. The summed E-state index contributed by atoms with van der Waals surface area (Å²) in [5.74, 6) is 0.875. The van der Waals surface area contributed by atoms with Crippen LogP contribution in [0.15, 0.2) is 0 Å². The van der Waals surface area contributed by atoms with E-state index in [1.807, 2.05) is 4.68 Å². The van der Waals surface area contributed by atoms with Gasteiger partial charge in [0.15, 0.2) is 10.9 Å². The maximum Gasteiger partial charge on any atom is 0.156 e. The third-order valence-electron chi connectivity index (χ3n) is 2.12. The Kier molecular flexibility index (Phi) is 5.17. The molecule has 1 aromatic rings. The molecule has 0 saturated heterocycles. The van der Waals surface area contributed by atoms with Crippen molar-refractivity contribution in [3.05, 3.63) is 5.82 Å². The Labute approximate surface area is 94.5 Å². The minimum Gasteiger partial charge on any atom is -0.502 e. The standard InChI is InChI=1S/C9H16N4OS/c1-2-3-7-13-8(10-11-12-13)5-4-6-9(14)15/h2-7H2,1H3,(H,14,15). The van der Waals surface area contributed by atoms with Crippen molar-refractivity contribution in [2.24, 2.45) is 0 Å². The molecule has 0 aliphatic rings. The molecule has 6 heteroatoms. The number of aliphatic hydroxyl groups is 1. The number of hydrogen-bond acceptors (Lipinski definition) is 4. The second-order valence-corrected chi connectivity index (χ2v) is 3.89. The van der Waals surface area contributed by atoms with E-state index >= 15 is 0 Å². The molecule has 1 heterocycles. The molecule has 0 unspecified atom stereocenters. The van der Waals surface area contributed by atoms with Gasteiger partial charge in [0, 0.05) is 19.4 Å². The van der Waals surface area contributed by atoms with E-state index in [0.717, 1.165) is 38.1 Å². The molecule has 0 amide bonds. The van der Waals surface area contributed by atoms with Crippen molar-refractivity contribution >= 4 is 17.3 Å². The van der Waals surface area contributed by atoms with Crippen LogP contribution >= 0.6 is 12.2 Å². The van der Waals surface area contributed by atoms with Crippen molar-refractivity contribution in [1.29, 1.82) is 0 Å². The summed E-state index contributed by atoms with van der Waals surface area (Å²) in [6, 6.07) is 0. The lowest BCUT2D eigenvalue weighted by Gasteiger charge is -2.02. The molecular weight excluding hydrogens is 212 g/mol. The average molecular weight is 228 g/mol. The second kappa shape index (κ2) is 6.44. The first kappa shape index (κ1) is 12.0. The fraction of sp³-hybridized carbons (Fsp3) is 0.778. The Hall–Kier alpha value is -1.04. The molecular formula is C9H16N4OS. The molecule has 5 nitrogen and oxygen atoms in total. The Morgan fingerprint density at radius 2 is 2.27 bits per heavy atom. The van der Waals surface area contributed by atoms with E-state index in [9.17, 15) is 0 Å². The molecule has 1 N–H and O–H groups in total. The van der Waals surface area contributed by atoms with E-state index in [2.05, 4.69) is 34.7 Å². The van der Waals surface area contributed by atoms with Gasteiger partial charge in [-0.3, -0.25) is 0 Å². The number of nitrogens with zero attached hydrogens (tertiary/aromatic N) is 4. The number of hydrogen-bond donors (Lipinski definition) is 1. The fourth-order valence-electron chi connectivity index (χ4n) is 1.28. The molecule has 0 aliphatic carbocycles. The van der Waals surface area contributed by atoms with Gasteiger partial charge in [0.1, 0.15) is 0 Å². The number of unbranched alkanes of at least 4 members (excludes halogenated alkanes) is 1. The highest BCUT2D eigenvalue weighted by Crippen LogP contribution is 2.02. The summed E-state index contributed by atoms with van der Waals surface area (Å²) in [4.78, 5) is 0. The van der Waals surface area contributed by atoms with Crippen molar-refractivity contribution < 1.29 is 5.11 Å². The molecule has 0 atom stereocenters. The Balaban J connectivity index is 2.39. The van der Waals surface area contributed by atoms with Crippen LogP contribution in [0.1, 0.15) is 38.4 Å². The van der Waals surface area contributed by atoms with E-state index in [-0.39, 0.29) is 5.05 Å². The van der Waals surface area contributed by atoms with Gasteiger partial charge in [-0.25, -0.2) is 4.68 Å². The van der Waals surface area contributed by atoms with Gasteiger partial charge in [-0.15, -0.1) is 5.10 Å². The zero-order chi connectivity index (χ0) is 11.1. The van der Waals surface area contributed by atoms with Crippen LogP contribution in [0.5, 0.6) is 0 Å². The molecule has 0 aliphatic heterocycles. The minimum absolute atomic E-state index is 0.0579. The quantitative estimate of drug-likeness (QED) is 0.719. The van der Waals surface area contributed by atoms with Gasteiger partial charge in [-0.05, 0) is 35.5 Å². The summed E-state index contributed by atoms with van der Waals surface area (Å²) in [6.45, 7) is 3.00. The smallest absolute Gasteiger partial charge is 0.156 e. The topological polar surface area (TPSA) is 63.8 Å². The first-order valence-corrected chi connectivity index (χ1v) is 5.61. The predicted octanol–water partition coefficient (Wildman–Crippen LogP) is 1.68. The molecule has 0 spiro atoms. The van der Waals surface area contributed by atoms with E-state index < -0.39 is 0 Å². The van der Waals surface area contributed by atoms with Gasteiger partial charge in [0.25, 0.3) is 0 Å². The molecule has 0 radical (unpaired) electrons. The van der Waals surface area contributed by atoms with Gasteiger partial charge in [0.2, 0.25) is 0 Å². The highest BCUT2D eigenvalue weighted by Gasteiger charge is 2.05. The van der Waals surface area contributed by atoms with Crippen LogP contribution in [0.3, 0.4) is 0 Å². The lowest BCUT2D eigenvalue weighted by atomic mass is 10.2. The maximum atomic E-state index is 8.86. The number of rotatable bonds is 7. The van der Waals surface area contributed by atoms with Crippen LogP contribution < -0.4 is 0 Å². The zero-order valence-corrected chi connectivity index (χ0v) is 9.70. The summed E-state index contributed by atoms with van der Waals surface area (Å²) >= 11 is 4.59. The molecule has 0 bridgehead atoms. The van der Waals surface area contributed by atoms with Gasteiger partial charge in [-0.2, -0.15) is 0 Å². The molecule has 84 valence electrons. The highest BCUT2D eigenvalue weighted by atomic mass is 32.1. The van der Waals surface area contributed by atoms with Crippen LogP contribution in [0.2, 0.25) is 0 Å². The SMILES string of the molecule is CCCCn1nnnc1CCCC(O)=S. The maximum absolute atomic E-state index is 8.86. The largest absolute Gasteiger partial charge is 0.502 e. The lowest BCUT2D eigenvalue weighted by Crippen LogP contribution is -2.06. The van der Waals surface area contributed by atoms with E-state index in [4.69, 9.17) is 5.11 Å². The molecule has 0 saturated carbocycles. The zero-order valence-electron chi connectivity index (χ0n) is 8.89. The first-order chi connectivity index (χ1) is 7.24. The average Bonchev–Trinajstić information content (AvgIpc) is 2.62. The Morgan fingerprint density at radius 3 is 2.93 bits per heavy atom. The minimum atomic E-state index is 0.0579. The van der Waals surface area contributed by atoms with Crippen molar-refractivity contribution in [1.82, 2.24) is 20.2 Å². The molecule has 1 rings (SSSR count). The Bertz CT molecular complexity index is 313. The van der Waals surface area contributed by atoms with Gasteiger partial charge in [0.05, 0.1) is 0 Å². The number of aliphatic hydroxyl groups excluding tert-OH is 1. The van der Waals surface area contributed by atoms with Gasteiger partial charge >= 0.3 is 0 Å². The van der Waals surface area contributed by atoms with Crippen molar-refractivity contribution in [2.75, 3.05) is 0 Å². The van der Waals surface area contributed by atoms with Crippen LogP contribution in [0.25, 0.3) is 0 Å². The van der Waals surface area contributed by atoms with Crippen molar-refractivity contribution in [3.63, 3.8) is 0 Å². The summed E-state index contributed by atoms with van der Waals surface area (Å²) < 4.78 is 1.82. The number of aromatic nitrogens is 4. The summed E-state index contributed by atoms with van der Waals surface area (Å²) in [5, 5.41) is 20.4. The summed E-state index contributed by atoms with van der Waals surface area (Å²) in [6.07, 6.45) is 4.30. The lowest BCUT2D eigenvalue weighted by molar-refractivity contribution is 0.520. The van der Waals surface area contributed by atoms with Gasteiger partial charge < -0.3 is 5.11 Å². The normalized spacial score (nSPS) is 10.5. The van der Waals surface area contributed by atoms with Crippen molar-refractivity contribution in [3.8, 4) is 0 Å². The van der Waals surface area contributed by atoms with E-state index in [1.54, 1.807) is 0 Å². The fourth-order valence-corrected chi connectivity index (χ4v) is 1.43. The molecule has 1 aromatic heterocycles. The predicted molar refractivity (Wildman–Crippen MR) is 60.9 cm³/mol. The summed E-state index contributed by atoms with van der Waals surface area (Å²) in [5.41, 5.74) is 0. The van der Waals surface area contributed by atoms with Crippen LogP contribution in [-0.4, -0.2) is 30.4 Å². The third-order valence-corrected chi connectivity index (χ3v) is 2.32. The monoisotopic (exact) mass is 228 g/mol. The number of tetrazole rings is 1. The van der Waals surface area contributed by atoms with Crippen LogP contribution in [0.4, 0.5) is 0 Å². The summed E-state index contributed by atoms with van der Waals surface area (Å²) in [7, 11) is 0. The molecule has 15 heavy (non-hydrogen) atoms. The van der Waals surface area contributed by atoms with Crippen molar-refractivity contribution in [2.45, 2.75) is 45.6 Å². The number of thiocarbonyl (C=S) groups is 1. The van der Waals surface area contributed by atoms with E-state index in [0.29, 0.717) is 6.42 Å². The second-order valence-electron chi connectivity index (χ2n) is 3.42. The Morgan fingerprint density at radius 1 is 1.47 bits per heavy atom. The van der Waals surface area contributed by atoms with Crippen LogP contribution in [-0.2, 0) is 13.0 Å². The van der Waals surface area contributed by atoms with Gasteiger partial charge in [-0.1, -0.05) is 13.3 Å². The third kappa shape index (κ3) is 4.33.